The van der Waals surface area contributed by atoms with E-state index in [9.17, 15) is 9.59 Å². The first-order valence-electron chi connectivity index (χ1n) is 6.08. The van der Waals surface area contributed by atoms with Gasteiger partial charge in [-0.3, -0.25) is 4.79 Å². The van der Waals surface area contributed by atoms with E-state index in [1.165, 1.54) is 18.2 Å². The van der Waals surface area contributed by atoms with Gasteiger partial charge >= 0.3 is 5.97 Å². The summed E-state index contributed by atoms with van der Waals surface area (Å²) in [5, 5.41) is 3.68. The first kappa shape index (κ1) is 13.7. The van der Waals surface area contributed by atoms with Crippen LogP contribution in [0.2, 0.25) is 0 Å². The highest BCUT2D eigenvalue weighted by molar-refractivity contribution is 6.18. The molecule has 0 N–H and O–H groups in total. The van der Waals surface area contributed by atoms with Crippen molar-refractivity contribution in [2.45, 2.75) is 6.92 Å². The van der Waals surface area contributed by atoms with Crippen LogP contribution in [0.1, 0.15) is 12.5 Å². The van der Waals surface area contributed by atoms with Gasteiger partial charge in [-0.15, -0.1) is 0 Å². The topological polar surface area (TPSA) is 55.7 Å². The molecule has 0 saturated carbocycles. The normalized spacial score (nSPS) is 16.6. The average molecular weight is 267 g/mol. The van der Waals surface area contributed by atoms with Crippen LogP contribution in [-0.4, -0.2) is 17.5 Å². The lowest BCUT2D eigenvalue weighted by Gasteiger charge is -2.02. The van der Waals surface area contributed by atoms with Gasteiger partial charge in [-0.25, -0.2) is 4.79 Å². The van der Waals surface area contributed by atoms with Crippen LogP contribution in [0.5, 0.6) is 0 Å². The zero-order valence-electron chi connectivity index (χ0n) is 10.9. The number of rotatable bonds is 3. The van der Waals surface area contributed by atoms with Crippen LogP contribution in [0, 0.1) is 0 Å². The molecule has 4 nitrogen and oxygen atoms in total. The fraction of sp³-hybridized carbons (Fsp3) is 0.0625. The van der Waals surface area contributed by atoms with Crippen molar-refractivity contribution in [2.24, 2.45) is 5.16 Å². The zero-order chi connectivity index (χ0) is 14.4. The van der Waals surface area contributed by atoms with Gasteiger partial charge in [0.05, 0.1) is 0 Å². The molecule has 0 spiro atoms. The van der Waals surface area contributed by atoms with E-state index in [1.54, 1.807) is 19.1 Å². The molecular formula is C16H13NO3. The standard InChI is InChI=1S/C16H13NO3/c1-12-11-14(8-9-15(12)18)17-20-16(19)10-7-13-5-3-2-4-6-13/h2-11H,1H3/b10-7+,17-14-. The van der Waals surface area contributed by atoms with E-state index in [4.69, 9.17) is 4.84 Å². The van der Waals surface area contributed by atoms with E-state index in [2.05, 4.69) is 5.16 Å². The van der Waals surface area contributed by atoms with Crippen molar-refractivity contribution in [3.8, 4) is 0 Å². The van der Waals surface area contributed by atoms with Crippen LogP contribution in [0.25, 0.3) is 6.08 Å². The minimum Gasteiger partial charge on any atom is -0.313 e. The molecule has 20 heavy (non-hydrogen) atoms. The Hall–Kier alpha value is -2.75. The summed E-state index contributed by atoms with van der Waals surface area (Å²) in [6.45, 7) is 1.68. The lowest BCUT2D eigenvalue weighted by molar-refractivity contribution is -0.137. The third-order valence-electron chi connectivity index (χ3n) is 2.61. The Bertz CT molecular complexity index is 637. The van der Waals surface area contributed by atoms with Crippen LogP contribution in [0.15, 0.2) is 65.4 Å². The minimum absolute atomic E-state index is 0.0701. The smallest absolute Gasteiger partial charge is 0.313 e. The second kappa shape index (κ2) is 6.43. The van der Waals surface area contributed by atoms with E-state index in [1.807, 2.05) is 30.3 Å². The summed E-state index contributed by atoms with van der Waals surface area (Å²) in [5.41, 5.74) is 1.89. The summed E-state index contributed by atoms with van der Waals surface area (Å²) < 4.78 is 0. The number of ketones is 1. The van der Waals surface area contributed by atoms with E-state index in [-0.39, 0.29) is 5.78 Å². The van der Waals surface area contributed by atoms with E-state index in [0.29, 0.717) is 11.3 Å². The molecule has 1 aromatic carbocycles. The molecular weight excluding hydrogens is 254 g/mol. The molecule has 0 saturated heterocycles. The largest absolute Gasteiger partial charge is 0.358 e. The molecule has 100 valence electrons. The maximum Gasteiger partial charge on any atom is 0.358 e. The van der Waals surface area contributed by atoms with Crippen molar-refractivity contribution in [3.63, 3.8) is 0 Å². The molecule has 0 aliphatic heterocycles. The lowest BCUT2D eigenvalue weighted by Crippen LogP contribution is -2.06. The second-order valence-corrected chi connectivity index (χ2v) is 4.20. The van der Waals surface area contributed by atoms with Crippen molar-refractivity contribution >= 4 is 23.5 Å². The third kappa shape index (κ3) is 3.88. The molecule has 0 radical (unpaired) electrons. The fourth-order valence-corrected chi connectivity index (χ4v) is 1.55. The fourth-order valence-electron chi connectivity index (χ4n) is 1.55. The maximum atomic E-state index is 11.5. The molecule has 4 heteroatoms. The van der Waals surface area contributed by atoms with Gasteiger partial charge in [-0.05, 0) is 42.4 Å². The monoisotopic (exact) mass is 267 g/mol. The highest BCUT2D eigenvalue weighted by Gasteiger charge is 2.07. The van der Waals surface area contributed by atoms with Gasteiger partial charge in [0.15, 0.2) is 5.78 Å². The molecule has 1 aromatic rings. The highest BCUT2D eigenvalue weighted by atomic mass is 16.7. The predicted octanol–water partition coefficient (Wildman–Crippen LogP) is 2.68. The molecule has 0 aromatic heterocycles. The van der Waals surface area contributed by atoms with Crippen LogP contribution < -0.4 is 0 Å². The van der Waals surface area contributed by atoms with Crippen LogP contribution in [0.4, 0.5) is 0 Å². The first-order chi connectivity index (χ1) is 9.65. The first-order valence-corrected chi connectivity index (χ1v) is 6.08. The number of benzene rings is 1. The van der Waals surface area contributed by atoms with E-state index >= 15 is 0 Å². The maximum absolute atomic E-state index is 11.5. The van der Waals surface area contributed by atoms with Gasteiger partial charge < -0.3 is 4.84 Å². The molecule has 0 fully saturated rings. The molecule has 0 amide bonds. The number of hydrogen-bond acceptors (Lipinski definition) is 4. The molecule has 0 unspecified atom stereocenters. The van der Waals surface area contributed by atoms with Crippen molar-refractivity contribution in [3.05, 3.63) is 65.8 Å². The molecule has 1 aliphatic carbocycles. The number of oxime groups is 1. The average Bonchev–Trinajstić information content (AvgIpc) is 2.47. The van der Waals surface area contributed by atoms with Crippen LogP contribution in [-0.2, 0) is 14.4 Å². The molecule has 0 bridgehead atoms. The Morgan fingerprint density at radius 1 is 1.20 bits per heavy atom. The Morgan fingerprint density at radius 2 is 1.95 bits per heavy atom. The molecule has 0 heterocycles. The van der Waals surface area contributed by atoms with Gasteiger partial charge in [0.1, 0.15) is 5.71 Å². The Kier molecular flexibility index (Phi) is 4.39. The van der Waals surface area contributed by atoms with Gasteiger partial charge in [-0.2, -0.15) is 0 Å². The van der Waals surface area contributed by atoms with Crippen LogP contribution in [0.3, 0.4) is 0 Å². The quantitative estimate of drug-likeness (QED) is 0.366. The number of carbonyl (C=O) groups is 2. The number of hydrogen-bond donors (Lipinski definition) is 0. The third-order valence-corrected chi connectivity index (χ3v) is 2.61. The van der Waals surface area contributed by atoms with Gasteiger partial charge in [0.2, 0.25) is 0 Å². The van der Waals surface area contributed by atoms with Crippen LogP contribution >= 0.6 is 0 Å². The predicted molar refractivity (Wildman–Crippen MR) is 76.9 cm³/mol. The highest BCUT2D eigenvalue weighted by Crippen LogP contribution is 2.05. The summed E-state index contributed by atoms with van der Waals surface area (Å²) >= 11 is 0. The van der Waals surface area contributed by atoms with Crippen molar-refractivity contribution < 1.29 is 14.4 Å². The SMILES string of the molecule is CC1=C/C(=N\OC(=O)/C=C/c2ccccc2)C=CC1=O. The summed E-state index contributed by atoms with van der Waals surface area (Å²) in [4.78, 5) is 27.4. The molecule has 1 aliphatic rings. The molecule has 2 rings (SSSR count). The molecule has 0 atom stereocenters. The number of nitrogens with zero attached hydrogens (tertiary/aromatic N) is 1. The van der Waals surface area contributed by atoms with Gasteiger partial charge in [0, 0.05) is 6.08 Å². The number of carbonyl (C=O) groups excluding carboxylic acids is 2. The Labute approximate surface area is 116 Å². The van der Waals surface area contributed by atoms with E-state index in [0.717, 1.165) is 5.56 Å². The summed E-state index contributed by atoms with van der Waals surface area (Å²) in [7, 11) is 0. The lowest BCUT2D eigenvalue weighted by atomic mass is 10.1. The van der Waals surface area contributed by atoms with Gasteiger partial charge in [-0.1, -0.05) is 35.5 Å². The minimum atomic E-state index is -0.572. The van der Waals surface area contributed by atoms with Crippen molar-refractivity contribution in [1.82, 2.24) is 0 Å². The number of allylic oxidation sites excluding steroid dienone is 4. The Balaban J connectivity index is 1.95. The van der Waals surface area contributed by atoms with E-state index < -0.39 is 5.97 Å². The van der Waals surface area contributed by atoms with Gasteiger partial charge in [0.25, 0.3) is 0 Å². The van der Waals surface area contributed by atoms with Crippen molar-refractivity contribution in [1.29, 1.82) is 0 Å². The van der Waals surface area contributed by atoms with Crippen molar-refractivity contribution in [2.75, 3.05) is 0 Å². The summed E-state index contributed by atoms with van der Waals surface area (Å²) in [6.07, 6.45) is 7.40. The summed E-state index contributed by atoms with van der Waals surface area (Å²) in [5.74, 6) is -0.642. The second-order valence-electron chi connectivity index (χ2n) is 4.20. The summed E-state index contributed by atoms with van der Waals surface area (Å²) in [6, 6.07) is 9.40. The Morgan fingerprint density at radius 3 is 2.65 bits per heavy atom. The zero-order valence-corrected chi connectivity index (χ0v) is 10.9.